The third-order valence-corrected chi connectivity index (χ3v) is 4.36. The number of hydrogen-bond acceptors (Lipinski definition) is 5. The molecular weight excluding hydrogens is 319 g/mol. The van der Waals surface area contributed by atoms with E-state index in [0.717, 1.165) is 17.0 Å². The van der Waals surface area contributed by atoms with Crippen molar-refractivity contribution in [3.05, 3.63) is 64.8 Å². The first kappa shape index (κ1) is 15.3. The third-order valence-electron chi connectivity index (χ3n) is 4.36. The number of anilines is 1. The number of hydrogen-bond donors (Lipinski definition) is 0. The molecule has 25 heavy (non-hydrogen) atoms. The van der Waals surface area contributed by atoms with Gasteiger partial charge < -0.3 is 9.42 Å². The van der Waals surface area contributed by atoms with E-state index in [4.69, 9.17) is 4.52 Å². The van der Waals surface area contributed by atoms with Crippen LogP contribution in [0.2, 0.25) is 0 Å². The van der Waals surface area contributed by atoms with Crippen molar-refractivity contribution >= 4 is 5.82 Å². The van der Waals surface area contributed by atoms with Gasteiger partial charge in [-0.2, -0.15) is 5.26 Å². The fourth-order valence-corrected chi connectivity index (χ4v) is 3.12. The van der Waals surface area contributed by atoms with Gasteiger partial charge in [-0.05, 0) is 31.2 Å². The smallest absolute Gasteiger partial charge is 0.147 e. The maximum atomic E-state index is 13.6. The van der Waals surface area contributed by atoms with Gasteiger partial charge in [-0.1, -0.05) is 17.3 Å². The number of benzene rings is 1. The number of aryl methyl sites for hydroxylation is 1. The Morgan fingerprint density at radius 2 is 2.16 bits per heavy atom. The van der Waals surface area contributed by atoms with E-state index in [0.29, 0.717) is 42.1 Å². The molecule has 6 heteroatoms. The topological polar surface area (TPSA) is 66.0 Å². The van der Waals surface area contributed by atoms with E-state index in [1.54, 1.807) is 12.1 Å². The largest absolute Gasteiger partial charge is 0.360 e. The van der Waals surface area contributed by atoms with Crippen molar-refractivity contribution in [2.24, 2.45) is 0 Å². The van der Waals surface area contributed by atoms with Crippen molar-refractivity contribution in [1.82, 2.24) is 10.1 Å². The minimum absolute atomic E-state index is 0.311. The lowest BCUT2D eigenvalue weighted by Gasteiger charge is -2.28. The molecule has 0 radical (unpaired) electrons. The Labute approximate surface area is 144 Å². The molecular formula is C19H15FN4O. The molecule has 0 aliphatic carbocycles. The normalized spacial score (nSPS) is 13.4. The lowest BCUT2D eigenvalue weighted by Crippen LogP contribution is -2.31. The second kappa shape index (κ2) is 6.02. The van der Waals surface area contributed by atoms with Crippen LogP contribution in [0.4, 0.5) is 10.2 Å². The maximum Gasteiger partial charge on any atom is 0.147 e. The summed E-state index contributed by atoms with van der Waals surface area (Å²) in [5, 5.41) is 13.5. The molecule has 0 saturated heterocycles. The molecule has 3 heterocycles. The molecule has 1 aliphatic heterocycles. The van der Waals surface area contributed by atoms with Crippen LogP contribution in [0, 0.1) is 24.1 Å². The van der Waals surface area contributed by atoms with Gasteiger partial charge in [0.1, 0.15) is 29.2 Å². The zero-order chi connectivity index (χ0) is 17.4. The Morgan fingerprint density at radius 3 is 2.96 bits per heavy atom. The molecule has 1 aromatic carbocycles. The van der Waals surface area contributed by atoms with Gasteiger partial charge in [0.2, 0.25) is 0 Å². The molecule has 0 amide bonds. The van der Waals surface area contributed by atoms with Crippen molar-refractivity contribution in [3.63, 3.8) is 0 Å². The van der Waals surface area contributed by atoms with Crippen LogP contribution in [-0.2, 0) is 13.0 Å². The highest BCUT2D eigenvalue weighted by atomic mass is 19.1. The van der Waals surface area contributed by atoms with E-state index in [9.17, 15) is 9.65 Å². The standard InChI is InChI=1S/C19H15FN4O/c1-12-5-6-14(10-21)19(22-12)24-8-7-17-16(11-24)18(23-25-17)13-3-2-4-15(20)9-13/h2-6,9H,7-8,11H2,1H3. The number of aromatic nitrogens is 2. The highest BCUT2D eigenvalue weighted by Crippen LogP contribution is 2.32. The molecule has 0 unspecified atom stereocenters. The summed E-state index contributed by atoms with van der Waals surface area (Å²) in [6, 6.07) is 12.1. The van der Waals surface area contributed by atoms with E-state index < -0.39 is 0 Å². The highest BCUT2D eigenvalue weighted by Gasteiger charge is 2.27. The van der Waals surface area contributed by atoms with Gasteiger partial charge >= 0.3 is 0 Å². The molecule has 0 N–H and O–H groups in total. The summed E-state index contributed by atoms with van der Waals surface area (Å²) in [6.07, 6.45) is 0.665. The van der Waals surface area contributed by atoms with E-state index >= 15 is 0 Å². The van der Waals surface area contributed by atoms with Crippen LogP contribution in [0.25, 0.3) is 11.3 Å². The van der Waals surface area contributed by atoms with Crippen LogP contribution in [0.3, 0.4) is 0 Å². The van der Waals surface area contributed by atoms with Crippen molar-refractivity contribution in [3.8, 4) is 17.3 Å². The Hall–Kier alpha value is -3.20. The number of nitriles is 1. The first-order valence-electron chi connectivity index (χ1n) is 8.02. The van der Waals surface area contributed by atoms with Gasteiger partial charge in [-0.25, -0.2) is 9.37 Å². The fraction of sp³-hybridized carbons (Fsp3) is 0.211. The summed E-state index contributed by atoms with van der Waals surface area (Å²) in [5.41, 5.74) is 3.65. The molecule has 1 aliphatic rings. The first-order chi connectivity index (χ1) is 12.2. The van der Waals surface area contributed by atoms with Crippen molar-refractivity contribution < 1.29 is 8.91 Å². The molecule has 0 saturated carbocycles. The second-order valence-corrected chi connectivity index (χ2v) is 6.05. The lowest BCUT2D eigenvalue weighted by atomic mass is 10.0. The molecule has 4 rings (SSSR count). The highest BCUT2D eigenvalue weighted by molar-refractivity contribution is 5.65. The van der Waals surface area contributed by atoms with Crippen LogP contribution in [-0.4, -0.2) is 16.7 Å². The summed E-state index contributed by atoms with van der Waals surface area (Å²) in [5.74, 6) is 1.16. The molecule has 0 fully saturated rings. The summed E-state index contributed by atoms with van der Waals surface area (Å²) >= 11 is 0. The summed E-state index contributed by atoms with van der Waals surface area (Å²) in [4.78, 5) is 6.58. The number of halogens is 1. The van der Waals surface area contributed by atoms with Gasteiger partial charge in [0.05, 0.1) is 12.1 Å². The van der Waals surface area contributed by atoms with Crippen LogP contribution in [0.15, 0.2) is 40.9 Å². The fourth-order valence-electron chi connectivity index (χ4n) is 3.12. The Bertz CT molecular complexity index is 989. The van der Waals surface area contributed by atoms with E-state index in [1.165, 1.54) is 12.1 Å². The molecule has 0 spiro atoms. The third kappa shape index (κ3) is 2.74. The Balaban J connectivity index is 1.74. The monoisotopic (exact) mass is 334 g/mol. The summed E-state index contributed by atoms with van der Waals surface area (Å²) in [6.45, 7) is 3.11. The van der Waals surface area contributed by atoms with E-state index in [-0.39, 0.29) is 5.82 Å². The van der Waals surface area contributed by atoms with Gasteiger partial charge in [0, 0.05) is 29.8 Å². The van der Waals surface area contributed by atoms with Gasteiger partial charge in [0.15, 0.2) is 0 Å². The second-order valence-electron chi connectivity index (χ2n) is 6.05. The van der Waals surface area contributed by atoms with Crippen LogP contribution in [0.1, 0.15) is 22.6 Å². The number of pyridine rings is 1. The predicted molar refractivity (Wildman–Crippen MR) is 90.3 cm³/mol. The van der Waals surface area contributed by atoms with Gasteiger partial charge in [0.25, 0.3) is 0 Å². The molecule has 0 bridgehead atoms. The molecule has 2 aromatic heterocycles. The van der Waals surface area contributed by atoms with Crippen LogP contribution in [0.5, 0.6) is 0 Å². The van der Waals surface area contributed by atoms with Crippen molar-refractivity contribution in [2.75, 3.05) is 11.4 Å². The SMILES string of the molecule is Cc1ccc(C#N)c(N2CCc3onc(-c4cccc(F)c4)c3C2)n1. The van der Waals surface area contributed by atoms with Crippen molar-refractivity contribution in [2.45, 2.75) is 19.9 Å². The van der Waals surface area contributed by atoms with Crippen molar-refractivity contribution in [1.29, 1.82) is 5.26 Å². The van der Waals surface area contributed by atoms with E-state index in [2.05, 4.69) is 16.2 Å². The average Bonchev–Trinajstić information content (AvgIpc) is 3.05. The average molecular weight is 334 g/mol. The molecule has 5 nitrogen and oxygen atoms in total. The summed E-state index contributed by atoms with van der Waals surface area (Å²) < 4.78 is 19.0. The number of nitrogens with zero attached hydrogens (tertiary/aromatic N) is 4. The summed E-state index contributed by atoms with van der Waals surface area (Å²) in [7, 11) is 0. The molecule has 0 atom stereocenters. The zero-order valence-corrected chi connectivity index (χ0v) is 13.7. The van der Waals surface area contributed by atoms with Crippen LogP contribution < -0.4 is 4.90 Å². The maximum absolute atomic E-state index is 13.6. The lowest BCUT2D eigenvalue weighted by molar-refractivity contribution is 0.378. The molecule has 3 aromatic rings. The molecule has 124 valence electrons. The Morgan fingerprint density at radius 1 is 1.28 bits per heavy atom. The quantitative estimate of drug-likeness (QED) is 0.716. The van der Waals surface area contributed by atoms with E-state index in [1.807, 2.05) is 24.0 Å². The van der Waals surface area contributed by atoms with Gasteiger partial charge in [-0.3, -0.25) is 0 Å². The zero-order valence-electron chi connectivity index (χ0n) is 13.7. The Kier molecular flexibility index (Phi) is 3.69. The minimum atomic E-state index is -0.311. The van der Waals surface area contributed by atoms with Gasteiger partial charge in [-0.15, -0.1) is 0 Å². The number of fused-ring (bicyclic) bond motifs is 1. The minimum Gasteiger partial charge on any atom is -0.360 e. The first-order valence-corrected chi connectivity index (χ1v) is 8.02. The van der Waals surface area contributed by atoms with Crippen LogP contribution >= 0.6 is 0 Å². The number of rotatable bonds is 2. The predicted octanol–water partition coefficient (Wildman–Crippen LogP) is 3.62.